The van der Waals surface area contributed by atoms with Crippen molar-refractivity contribution in [3.8, 4) is 11.8 Å². The minimum Gasteiger partial charge on any atom is -0.336 e. The normalized spacial score (nSPS) is 12.8. The number of urea groups is 2. The van der Waals surface area contributed by atoms with Crippen molar-refractivity contribution in [1.82, 2.24) is 10.6 Å². The molecule has 0 bridgehead atoms. The average molecular weight is 348 g/mol. The number of nitrogens with zero attached hydrogens (tertiary/aromatic N) is 1. The Kier molecular flexibility index (Phi) is 5.40. The van der Waals surface area contributed by atoms with Crippen molar-refractivity contribution in [1.29, 1.82) is 0 Å². The van der Waals surface area contributed by atoms with Crippen molar-refractivity contribution in [3.05, 3.63) is 59.7 Å². The van der Waals surface area contributed by atoms with Gasteiger partial charge in [0.05, 0.1) is 6.54 Å². The Hall–Kier alpha value is -3.46. The minimum absolute atomic E-state index is 0.0762. The second-order valence-corrected chi connectivity index (χ2v) is 5.91. The summed E-state index contributed by atoms with van der Waals surface area (Å²) in [6.45, 7) is 3.55. The van der Waals surface area contributed by atoms with Gasteiger partial charge in [0.1, 0.15) is 0 Å². The van der Waals surface area contributed by atoms with Crippen LogP contribution >= 0.6 is 0 Å². The minimum atomic E-state index is -0.291. The number of carbonyl (C=O) groups excluding carboxylic acids is 2. The summed E-state index contributed by atoms with van der Waals surface area (Å²) in [6, 6.07) is 14.7. The smallest absolute Gasteiger partial charge is 0.321 e. The highest BCUT2D eigenvalue weighted by Gasteiger charge is 2.20. The van der Waals surface area contributed by atoms with Crippen molar-refractivity contribution in [2.24, 2.45) is 0 Å². The molecule has 1 heterocycles. The summed E-state index contributed by atoms with van der Waals surface area (Å²) >= 11 is 0. The Morgan fingerprint density at radius 3 is 2.73 bits per heavy atom. The monoisotopic (exact) mass is 348 g/mol. The molecule has 0 aliphatic carbocycles. The van der Waals surface area contributed by atoms with E-state index < -0.39 is 0 Å². The summed E-state index contributed by atoms with van der Waals surface area (Å²) in [6.07, 6.45) is 0. The molecule has 0 spiro atoms. The van der Waals surface area contributed by atoms with Gasteiger partial charge in [-0.2, -0.15) is 0 Å². The SMILES string of the molecule is Cc1cccc(NC(=O)NCC#Cc2ccc(N3CCNC3=O)cc2)c1. The van der Waals surface area contributed by atoms with E-state index in [-0.39, 0.29) is 18.6 Å². The van der Waals surface area contributed by atoms with Gasteiger partial charge in [-0.1, -0.05) is 24.0 Å². The number of hydrogen-bond acceptors (Lipinski definition) is 2. The van der Waals surface area contributed by atoms with Gasteiger partial charge in [0, 0.05) is 30.0 Å². The summed E-state index contributed by atoms with van der Waals surface area (Å²) in [7, 11) is 0. The van der Waals surface area contributed by atoms with Crippen LogP contribution in [-0.2, 0) is 0 Å². The van der Waals surface area contributed by atoms with Gasteiger partial charge < -0.3 is 16.0 Å². The van der Waals surface area contributed by atoms with Crippen LogP contribution in [-0.4, -0.2) is 31.7 Å². The third-order valence-electron chi connectivity index (χ3n) is 3.88. The molecule has 1 aliphatic heterocycles. The zero-order valence-electron chi connectivity index (χ0n) is 14.5. The molecule has 6 heteroatoms. The molecule has 4 amide bonds. The fraction of sp³-hybridized carbons (Fsp3) is 0.200. The number of rotatable bonds is 3. The van der Waals surface area contributed by atoms with Gasteiger partial charge in [-0.25, -0.2) is 9.59 Å². The summed E-state index contributed by atoms with van der Waals surface area (Å²) in [5, 5.41) is 8.23. The number of hydrogen-bond donors (Lipinski definition) is 3. The predicted octanol–water partition coefficient (Wildman–Crippen LogP) is 2.70. The lowest BCUT2D eigenvalue weighted by Gasteiger charge is -2.13. The second-order valence-electron chi connectivity index (χ2n) is 5.91. The number of carbonyl (C=O) groups is 2. The molecule has 3 N–H and O–H groups in total. The summed E-state index contributed by atoms with van der Waals surface area (Å²) in [5.41, 5.74) is 3.50. The van der Waals surface area contributed by atoms with Crippen LogP contribution in [0, 0.1) is 18.8 Å². The van der Waals surface area contributed by atoms with E-state index in [1.165, 1.54) is 0 Å². The third kappa shape index (κ3) is 4.54. The Morgan fingerprint density at radius 2 is 2.04 bits per heavy atom. The first-order valence-electron chi connectivity index (χ1n) is 8.38. The maximum atomic E-state index is 11.8. The fourth-order valence-corrected chi connectivity index (χ4v) is 2.61. The van der Waals surface area contributed by atoms with Gasteiger partial charge in [0.25, 0.3) is 0 Å². The Bertz CT molecular complexity index is 865. The van der Waals surface area contributed by atoms with E-state index in [2.05, 4.69) is 27.8 Å². The molecule has 132 valence electrons. The van der Waals surface area contributed by atoms with E-state index in [4.69, 9.17) is 0 Å². The van der Waals surface area contributed by atoms with E-state index in [1.54, 1.807) is 4.90 Å². The van der Waals surface area contributed by atoms with Crippen molar-refractivity contribution in [2.45, 2.75) is 6.92 Å². The highest BCUT2D eigenvalue weighted by atomic mass is 16.2. The quantitative estimate of drug-likeness (QED) is 0.746. The van der Waals surface area contributed by atoms with Crippen LogP contribution in [0.5, 0.6) is 0 Å². The number of amides is 4. The fourth-order valence-electron chi connectivity index (χ4n) is 2.61. The van der Waals surface area contributed by atoms with Crippen LogP contribution in [0.3, 0.4) is 0 Å². The molecule has 0 radical (unpaired) electrons. The van der Waals surface area contributed by atoms with Crippen molar-refractivity contribution >= 4 is 23.4 Å². The van der Waals surface area contributed by atoms with E-state index in [0.29, 0.717) is 13.1 Å². The number of nitrogens with one attached hydrogen (secondary N) is 3. The molecule has 2 aromatic carbocycles. The van der Waals surface area contributed by atoms with E-state index in [1.807, 2.05) is 55.5 Å². The molecule has 1 saturated heterocycles. The van der Waals surface area contributed by atoms with Crippen LogP contribution in [0.2, 0.25) is 0 Å². The first kappa shape index (κ1) is 17.4. The maximum Gasteiger partial charge on any atom is 0.321 e. The van der Waals surface area contributed by atoms with Gasteiger partial charge in [-0.15, -0.1) is 0 Å². The first-order chi connectivity index (χ1) is 12.6. The van der Waals surface area contributed by atoms with Gasteiger partial charge >= 0.3 is 12.1 Å². The molecule has 26 heavy (non-hydrogen) atoms. The standard InChI is InChI=1S/C20H20N4O2/c1-15-4-2-6-17(14-15)23-19(25)21-11-3-5-16-7-9-18(10-8-16)24-13-12-22-20(24)26/h2,4,6-10,14H,11-13H2,1H3,(H,22,26)(H2,21,23,25). The number of anilines is 2. The van der Waals surface area contributed by atoms with Crippen LogP contribution in [0.1, 0.15) is 11.1 Å². The Balaban J connectivity index is 1.48. The highest BCUT2D eigenvalue weighted by molar-refractivity contribution is 5.94. The van der Waals surface area contributed by atoms with Crippen molar-refractivity contribution in [3.63, 3.8) is 0 Å². The largest absolute Gasteiger partial charge is 0.336 e. The predicted molar refractivity (Wildman–Crippen MR) is 102 cm³/mol. The topological polar surface area (TPSA) is 73.5 Å². The van der Waals surface area contributed by atoms with Crippen molar-refractivity contribution in [2.75, 3.05) is 29.9 Å². The van der Waals surface area contributed by atoms with Crippen LogP contribution in [0.25, 0.3) is 0 Å². The van der Waals surface area contributed by atoms with Gasteiger partial charge in [0.15, 0.2) is 0 Å². The summed E-state index contributed by atoms with van der Waals surface area (Å²) in [5.74, 6) is 5.90. The van der Waals surface area contributed by atoms with Gasteiger partial charge in [0.2, 0.25) is 0 Å². The third-order valence-corrected chi connectivity index (χ3v) is 3.88. The Morgan fingerprint density at radius 1 is 1.23 bits per heavy atom. The van der Waals surface area contributed by atoms with Crippen LogP contribution in [0.15, 0.2) is 48.5 Å². The highest BCUT2D eigenvalue weighted by Crippen LogP contribution is 2.16. The second kappa shape index (κ2) is 8.08. The molecule has 0 aromatic heterocycles. The molecule has 2 aromatic rings. The lowest BCUT2D eigenvalue weighted by Crippen LogP contribution is -2.28. The summed E-state index contributed by atoms with van der Waals surface area (Å²) < 4.78 is 0. The van der Waals surface area contributed by atoms with E-state index in [0.717, 1.165) is 22.5 Å². The first-order valence-corrected chi connectivity index (χ1v) is 8.38. The van der Waals surface area contributed by atoms with Gasteiger partial charge in [-0.05, 0) is 48.9 Å². The average Bonchev–Trinajstić information content (AvgIpc) is 3.05. The zero-order chi connectivity index (χ0) is 18.4. The molecule has 1 aliphatic rings. The molecule has 3 rings (SSSR count). The molecule has 0 saturated carbocycles. The Labute approximate surface area is 152 Å². The van der Waals surface area contributed by atoms with Crippen LogP contribution < -0.4 is 20.9 Å². The molecular formula is C20H20N4O2. The molecular weight excluding hydrogens is 328 g/mol. The molecule has 0 atom stereocenters. The van der Waals surface area contributed by atoms with Crippen molar-refractivity contribution < 1.29 is 9.59 Å². The molecule has 6 nitrogen and oxygen atoms in total. The van der Waals surface area contributed by atoms with Crippen LogP contribution in [0.4, 0.5) is 21.0 Å². The van der Waals surface area contributed by atoms with E-state index >= 15 is 0 Å². The maximum absolute atomic E-state index is 11.8. The lowest BCUT2D eigenvalue weighted by atomic mass is 10.2. The van der Waals surface area contributed by atoms with Gasteiger partial charge in [-0.3, -0.25) is 4.90 Å². The molecule has 0 unspecified atom stereocenters. The number of aryl methyl sites for hydroxylation is 1. The number of benzene rings is 2. The van der Waals surface area contributed by atoms with E-state index in [9.17, 15) is 9.59 Å². The zero-order valence-corrected chi connectivity index (χ0v) is 14.5. The molecule has 1 fully saturated rings. The lowest BCUT2D eigenvalue weighted by molar-refractivity contribution is 0.251. The summed E-state index contributed by atoms with van der Waals surface area (Å²) in [4.78, 5) is 25.1.